The van der Waals surface area contributed by atoms with E-state index in [2.05, 4.69) is 42.5 Å². The van der Waals surface area contributed by atoms with Crippen LogP contribution in [0.25, 0.3) is 0 Å². The first-order valence-electron chi connectivity index (χ1n) is 10.4. The second kappa shape index (κ2) is 7.92. The van der Waals surface area contributed by atoms with Gasteiger partial charge in [0.1, 0.15) is 0 Å². The Kier molecular flexibility index (Phi) is 5.12. The molecular weight excluding hydrogens is 396 g/mol. The van der Waals surface area contributed by atoms with Gasteiger partial charge >= 0.3 is 0 Å². The van der Waals surface area contributed by atoms with Crippen LogP contribution in [0.2, 0.25) is 0 Å². The summed E-state index contributed by atoms with van der Waals surface area (Å²) in [6, 6.07) is 8.26. The van der Waals surface area contributed by atoms with Crippen LogP contribution in [0.3, 0.4) is 0 Å². The molecule has 2 bridgehead atoms. The Morgan fingerprint density at radius 3 is 2.80 bits per heavy atom. The van der Waals surface area contributed by atoms with Gasteiger partial charge < -0.3 is 9.47 Å². The van der Waals surface area contributed by atoms with Crippen molar-refractivity contribution in [3.8, 4) is 0 Å². The molecule has 1 saturated heterocycles. The Morgan fingerprint density at radius 1 is 1.13 bits per heavy atom. The van der Waals surface area contributed by atoms with Gasteiger partial charge in [0.25, 0.3) is 5.56 Å². The number of aromatic nitrogens is 4. The van der Waals surface area contributed by atoms with E-state index in [4.69, 9.17) is 0 Å². The smallest absolute Gasteiger partial charge is 0.255 e. The quantitative estimate of drug-likeness (QED) is 0.630. The number of aryl methyl sites for hydroxylation is 1. The van der Waals surface area contributed by atoms with Crippen LogP contribution in [-0.2, 0) is 19.6 Å². The van der Waals surface area contributed by atoms with Crippen molar-refractivity contribution in [3.05, 3.63) is 68.2 Å². The van der Waals surface area contributed by atoms with Gasteiger partial charge in [-0.15, -0.1) is 16.4 Å². The topological polar surface area (TPSA) is 67.2 Å². The van der Waals surface area contributed by atoms with Crippen molar-refractivity contribution in [1.82, 2.24) is 24.6 Å². The van der Waals surface area contributed by atoms with E-state index in [1.54, 1.807) is 11.3 Å². The van der Waals surface area contributed by atoms with Crippen LogP contribution in [0.4, 0.5) is 5.82 Å². The maximum absolute atomic E-state index is 13.3. The Balaban J connectivity index is 1.35. The fourth-order valence-corrected chi connectivity index (χ4v) is 5.35. The third-order valence-corrected chi connectivity index (χ3v) is 6.78. The van der Waals surface area contributed by atoms with Crippen molar-refractivity contribution >= 4 is 17.2 Å². The third-order valence-electron chi connectivity index (χ3n) is 6.15. The molecule has 2 aliphatic rings. The van der Waals surface area contributed by atoms with Gasteiger partial charge in [-0.05, 0) is 44.5 Å². The molecule has 0 N–H and O–H groups in total. The van der Waals surface area contributed by atoms with E-state index in [0.29, 0.717) is 18.4 Å². The van der Waals surface area contributed by atoms with Crippen molar-refractivity contribution in [3.63, 3.8) is 0 Å². The first kappa shape index (κ1) is 19.4. The Bertz CT molecular complexity index is 1080. The minimum atomic E-state index is 0.163. The Labute approximate surface area is 180 Å². The molecule has 0 aliphatic carbocycles. The zero-order valence-electron chi connectivity index (χ0n) is 17.4. The van der Waals surface area contributed by atoms with E-state index in [1.807, 2.05) is 36.2 Å². The normalized spacial score (nSPS) is 20.4. The molecule has 30 heavy (non-hydrogen) atoms. The van der Waals surface area contributed by atoms with Crippen LogP contribution in [0.1, 0.15) is 35.0 Å². The fourth-order valence-electron chi connectivity index (χ4n) is 4.80. The molecule has 1 fully saturated rings. The van der Waals surface area contributed by atoms with Crippen molar-refractivity contribution in [2.24, 2.45) is 5.92 Å². The lowest BCUT2D eigenvalue weighted by Crippen LogP contribution is -2.48. The number of pyridine rings is 1. The van der Waals surface area contributed by atoms with E-state index < -0.39 is 0 Å². The number of thiazole rings is 1. The van der Waals surface area contributed by atoms with Crippen LogP contribution in [-0.4, -0.2) is 44.8 Å². The van der Waals surface area contributed by atoms with Gasteiger partial charge in [0.2, 0.25) is 0 Å². The van der Waals surface area contributed by atoms with Crippen LogP contribution >= 0.6 is 11.3 Å². The molecule has 0 spiro atoms. The SMILES string of the molecule is Cc1ccc(N2C[C@@H]3C[C@H](C2)c2ccc(CN(C)Cc4cscn4)c(=O)n2C3)nn1. The monoisotopic (exact) mass is 422 g/mol. The molecule has 5 heterocycles. The lowest BCUT2D eigenvalue weighted by Gasteiger charge is -2.43. The zero-order valence-corrected chi connectivity index (χ0v) is 18.2. The average Bonchev–Trinajstić information content (AvgIpc) is 3.24. The van der Waals surface area contributed by atoms with Gasteiger partial charge in [-0.3, -0.25) is 9.69 Å². The molecule has 2 aliphatic heterocycles. The van der Waals surface area contributed by atoms with Crippen molar-refractivity contribution in [2.75, 3.05) is 25.0 Å². The summed E-state index contributed by atoms with van der Waals surface area (Å²) in [7, 11) is 2.04. The molecule has 0 radical (unpaired) electrons. The summed E-state index contributed by atoms with van der Waals surface area (Å²) >= 11 is 1.60. The number of hydrogen-bond acceptors (Lipinski definition) is 7. The molecule has 7 nitrogen and oxygen atoms in total. The second-order valence-corrected chi connectivity index (χ2v) is 9.31. The van der Waals surface area contributed by atoms with E-state index in [1.165, 1.54) is 0 Å². The second-order valence-electron chi connectivity index (χ2n) is 8.59. The van der Waals surface area contributed by atoms with Crippen molar-refractivity contribution in [1.29, 1.82) is 0 Å². The van der Waals surface area contributed by atoms with Gasteiger partial charge in [0, 0.05) is 55.3 Å². The third kappa shape index (κ3) is 3.77. The predicted molar refractivity (Wildman–Crippen MR) is 118 cm³/mol. The summed E-state index contributed by atoms with van der Waals surface area (Å²) < 4.78 is 2.03. The number of nitrogens with zero attached hydrogens (tertiary/aromatic N) is 6. The maximum Gasteiger partial charge on any atom is 0.255 e. The Hall–Kier alpha value is -2.58. The number of hydrogen-bond donors (Lipinski definition) is 0. The minimum absolute atomic E-state index is 0.163. The standard InChI is InChI=1S/C22H26N6OS/c1-15-3-6-21(25-24-15)27-8-16-7-18(11-27)20-5-4-17(22(29)28(20)9-16)10-26(2)12-19-13-30-14-23-19/h3-6,13-14,16,18H,7-12H2,1-2H3/t16-,18+/m0/s1. The highest BCUT2D eigenvalue weighted by Gasteiger charge is 2.35. The van der Waals surface area contributed by atoms with Crippen LogP contribution in [0.15, 0.2) is 40.0 Å². The number of anilines is 1. The van der Waals surface area contributed by atoms with Crippen LogP contribution in [0, 0.1) is 12.8 Å². The molecule has 0 saturated carbocycles. The van der Waals surface area contributed by atoms with Gasteiger partial charge in [0.05, 0.1) is 16.9 Å². The van der Waals surface area contributed by atoms with Gasteiger partial charge in [-0.25, -0.2) is 4.98 Å². The fraction of sp³-hybridized carbons (Fsp3) is 0.455. The molecule has 3 aromatic heterocycles. The molecule has 0 unspecified atom stereocenters. The average molecular weight is 423 g/mol. The summed E-state index contributed by atoms with van der Waals surface area (Å²) in [4.78, 5) is 22.1. The lowest BCUT2D eigenvalue weighted by molar-refractivity contribution is 0.275. The number of rotatable bonds is 5. The van der Waals surface area contributed by atoms with Gasteiger partial charge in [-0.2, -0.15) is 5.10 Å². The molecular formula is C22H26N6OS. The molecule has 3 aromatic rings. The van der Waals surface area contributed by atoms with Crippen LogP contribution < -0.4 is 10.5 Å². The van der Waals surface area contributed by atoms with E-state index in [-0.39, 0.29) is 5.56 Å². The zero-order chi connectivity index (χ0) is 20.7. The molecule has 156 valence electrons. The highest BCUT2D eigenvalue weighted by Crippen LogP contribution is 2.36. The van der Waals surface area contributed by atoms with Crippen LogP contribution in [0.5, 0.6) is 0 Å². The Morgan fingerprint density at radius 2 is 2.03 bits per heavy atom. The largest absolute Gasteiger partial charge is 0.354 e. The summed E-state index contributed by atoms with van der Waals surface area (Å²) in [5, 5.41) is 10.7. The van der Waals surface area contributed by atoms with Gasteiger partial charge in [-0.1, -0.05) is 6.07 Å². The summed E-state index contributed by atoms with van der Waals surface area (Å²) in [5.74, 6) is 1.75. The summed E-state index contributed by atoms with van der Waals surface area (Å²) in [6.07, 6.45) is 1.14. The van der Waals surface area contributed by atoms with E-state index in [0.717, 1.165) is 61.1 Å². The van der Waals surface area contributed by atoms with E-state index >= 15 is 0 Å². The van der Waals surface area contributed by atoms with E-state index in [9.17, 15) is 4.79 Å². The molecule has 0 amide bonds. The highest BCUT2D eigenvalue weighted by atomic mass is 32.1. The lowest BCUT2D eigenvalue weighted by atomic mass is 9.83. The minimum Gasteiger partial charge on any atom is -0.354 e. The highest BCUT2D eigenvalue weighted by molar-refractivity contribution is 7.07. The molecule has 5 rings (SSSR count). The molecule has 8 heteroatoms. The summed E-state index contributed by atoms with van der Waals surface area (Å²) in [5.41, 5.74) is 6.01. The molecule has 2 atom stereocenters. The summed E-state index contributed by atoms with van der Waals surface area (Å²) in [6.45, 7) is 5.94. The molecule has 0 aromatic carbocycles. The van der Waals surface area contributed by atoms with Gasteiger partial charge in [0.15, 0.2) is 5.82 Å². The van der Waals surface area contributed by atoms with Crippen molar-refractivity contribution in [2.45, 2.75) is 38.9 Å². The maximum atomic E-state index is 13.3. The number of piperidine rings is 1. The first-order valence-corrected chi connectivity index (χ1v) is 11.3. The first-order chi connectivity index (χ1) is 14.6. The predicted octanol–water partition coefficient (Wildman–Crippen LogP) is 2.66. The number of fused-ring (bicyclic) bond motifs is 4. The van der Waals surface area contributed by atoms with Crippen molar-refractivity contribution < 1.29 is 0 Å².